The number of rotatable bonds is 2. The maximum Gasteiger partial charge on any atom is 0.219 e. The zero-order valence-corrected chi connectivity index (χ0v) is 13.6. The molecule has 0 aromatic rings. The van der Waals surface area contributed by atoms with E-state index in [0.29, 0.717) is 12.6 Å². The van der Waals surface area contributed by atoms with E-state index < -0.39 is 14.8 Å². The molecule has 0 radical (unpaired) electrons. The van der Waals surface area contributed by atoms with Gasteiger partial charge in [-0.25, -0.2) is 8.42 Å². The fraction of sp³-hybridized carbons (Fsp3) is 1.00. The zero-order chi connectivity index (χ0) is 14.3. The Kier molecular flexibility index (Phi) is 4.51. The second kappa shape index (κ2) is 5.10. The van der Waals surface area contributed by atoms with Gasteiger partial charge in [0.25, 0.3) is 0 Å². The second-order valence-electron chi connectivity index (χ2n) is 6.68. The quantitative estimate of drug-likeness (QED) is 0.773. The van der Waals surface area contributed by atoms with Gasteiger partial charge in [0.05, 0.1) is 4.75 Å². The van der Waals surface area contributed by atoms with E-state index in [2.05, 4.69) is 25.7 Å². The molecule has 1 fully saturated rings. The molecule has 0 aliphatic carbocycles. The molecule has 2 unspecified atom stereocenters. The maximum absolute atomic E-state index is 12.5. The van der Waals surface area contributed by atoms with E-state index in [-0.39, 0.29) is 12.1 Å². The molecule has 0 aromatic carbocycles. The van der Waals surface area contributed by atoms with E-state index in [1.54, 1.807) is 25.1 Å². The van der Waals surface area contributed by atoms with Gasteiger partial charge in [-0.2, -0.15) is 4.31 Å². The molecule has 0 bridgehead atoms. The Labute approximate surface area is 112 Å². The minimum Gasteiger partial charge on any atom is -0.295 e. The number of nitrogens with zero attached hydrogens (tertiary/aromatic N) is 2. The molecule has 0 saturated carbocycles. The minimum absolute atomic E-state index is 0.0489. The van der Waals surface area contributed by atoms with Crippen LogP contribution in [0.25, 0.3) is 0 Å². The predicted molar refractivity (Wildman–Crippen MR) is 76.1 cm³/mol. The molecule has 4 nitrogen and oxygen atoms in total. The lowest BCUT2D eigenvalue weighted by atomic mass is 10.1. The molecule has 0 amide bonds. The summed E-state index contributed by atoms with van der Waals surface area (Å²) in [5, 5.41) is 0. The molecule has 2 atom stereocenters. The highest BCUT2D eigenvalue weighted by Gasteiger charge is 2.42. The van der Waals surface area contributed by atoms with Crippen LogP contribution in [-0.2, 0) is 10.0 Å². The highest BCUT2D eigenvalue weighted by atomic mass is 32.2. The second-order valence-corrected chi connectivity index (χ2v) is 9.32. The van der Waals surface area contributed by atoms with E-state index >= 15 is 0 Å². The smallest absolute Gasteiger partial charge is 0.219 e. The van der Waals surface area contributed by atoms with E-state index in [1.165, 1.54) is 0 Å². The van der Waals surface area contributed by atoms with Crippen molar-refractivity contribution in [1.82, 2.24) is 9.21 Å². The van der Waals surface area contributed by atoms with Gasteiger partial charge in [-0.15, -0.1) is 0 Å². The average molecular weight is 276 g/mol. The van der Waals surface area contributed by atoms with Crippen molar-refractivity contribution in [3.05, 3.63) is 0 Å². The first-order valence-electron chi connectivity index (χ1n) is 6.75. The predicted octanol–water partition coefficient (Wildman–Crippen LogP) is 1.92. The first-order chi connectivity index (χ1) is 7.98. The van der Waals surface area contributed by atoms with E-state index in [1.807, 2.05) is 6.92 Å². The summed E-state index contributed by atoms with van der Waals surface area (Å²) in [5.74, 6) is 0. The lowest BCUT2D eigenvalue weighted by molar-refractivity contribution is 0.0657. The third-order valence-electron chi connectivity index (χ3n) is 3.72. The summed E-state index contributed by atoms with van der Waals surface area (Å²) in [4.78, 5) is 2.37. The molecule has 5 heteroatoms. The highest BCUT2D eigenvalue weighted by molar-refractivity contribution is 7.90. The van der Waals surface area contributed by atoms with Crippen LogP contribution in [0.2, 0.25) is 0 Å². The third kappa shape index (κ3) is 2.89. The molecule has 18 heavy (non-hydrogen) atoms. The SMILES string of the molecule is CC(C)N1CC(C)N(S(=O)(=O)C(C)(C)C)CC1C. The minimum atomic E-state index is -3.22. The Balaban J connectivity index is 2.96. The normalized spacial score (nSPS) is 28.9. The molecule has 108 valence electrons. The summed E-state index contributed by atoms with van der Waals surface area (Å²) >= 11 is 0. The van der Waals surface area contributed by atoms with Gasteiger partial charge in [0.15, 0.2) is 0 Å². The number of sulfonamides is 1. The molecule has 1 heterocycles. The van der Waals surface area contributed by atoms with E-state index in [0.717, 1.165) is 6.54 Å². The van der Waals surface area contributed by atoms with Crippen molar-refractivity contribution in [1.29, 1.82) is 0 Å². The standard InChI is InChI=1S/C13H28N2O2S/c1-10(2)14-8-12(4)15(9-11(14)3)18(16,17)13(5,6)7/h10-12H,8-9H2,1-7H3. The molecule has 1 aliphatic rings. The summed E-state index contributed by atoms with van der Waals surface area (Å²) in [5.41, 5.74) is 0. The molecular formula is C13H28N2O2S. The van der Waals surface area contributed by atoms with Crippen molar-refractivity contribution in [2.75, 3.05) is 13.1 Å². The van der Waals surface area contributed by atoms with Crippen LogP contribution in [0, 0.1) is 0 Å². The number of hydrogen-bond acceptors (Lipinski definition) is 3. The van der Waals surface area contributed by atoms with Crippen molar-refractivity contribution < 1.29 is 8.42 Å². The lowest BCUT2D eigenvalue weighted by Gasteiger charge is -2.46. The molecule has 1 rings (SSSR count). The van der Waals surface area contributed by atoms with Crippen LogP contribution in [0.4, 0.5) is 0 Å². The summed E-state index contributed by atoms with van der Waals surface area (Å²) in [6.07, 6.45) is 0. The van der Waals surface area contributed by atoms with E-state index in [4.69, 9.17) is 0 Å². The van der Waals surface area contributed by atoms with Gasteiger partial charge >= 0.3 is 0 Å². The van der Waals surface area contributed by atoms with Gasteiger partial charge in [0, 0.05) is 31.2 Å². The zero-order valence-electron chi connectivity index (χ0n) is 12.8. The van der Waals surface area contributed by atoms with Crippen LogP contribution in [0.15, 0.2) is 0 Å². The topological polar surface area (TPSA) is 40.6 Å². The lowest BCUT2D eigenvalue weighted by Crippen LogP contribution is -2.61. The Morgan fingerprint density at radius 3 is 1.94 bits per heavy atom. The van der Waals surface area contributed by atoms with Crippen molar-refractivity contribution in [2.24, 2.45) is 0 Å². The molecule has 1 aliphatic heterocycles. The molecular weight excluding hydrogens is 248 g/mol. The average Bonchev–Trinajstić information content (AvgIpc) is 2.18. The summed E-state index contributed by atoms with van der Waals surface area (Å²) in [6, 6.07) is 0.785. The van der Waals surface area contributed by atoms with Crippen molar-refractivity contribution in [3.8, 4) is 0 Å². The Morgan fingerprint density at radius 1 is 1.06 bits per heavy atom. The van der Waals surface area contributed by atoms with Gasteiger partial charge in [-0.3, -0.25) is 4.90 Å². The van der Waals surface area contributed by atoms with Gasteiger partial charge in [-0.05, 0) is 48.5 Å². The van der Waals surface area contributed by atoms with Crippen LogP contribution in [0.3, 0.4) is 0 Å². The Bertz CT molecular complexity index is 384. The van der Waals surface area contributed by atoms with Crippen molar-refractivity contribution >= 4 is 10.0 Å². The fourth-order valence-corrected chi connectivity index (χ4v) is 4.18. The summed E-state index contributed by atoms with van der Waals surface area (Å²) in [7, 11) is -3.22. The first-order valence-corrected chi connectivity index (χ1v) is 8.19. The van der Waals surface area contributed by atoms with Crippen LogP contribution >= 0.6 is 0 Å². The number of hydrogen-bond donors (Lipinski definition) is 0. The van der Waals surface area contributed by atoms with Crippen molar-refractivity contribution in [3.63, 3.8) is 0 Å². The van der Waals surface area contributed by atoms with Gasteiger partial charge in [-0.1, -0.05) is 0 Å². The summed E-state index contributed by atoms with van der Waals surface area (Å²) < 4.78 is 26.1. The third-order valence-corrected chi connectivity index (χ3v) is 6.40. The molecule has 0 N–H and O–H groups in total. The van der Waals surface area contributed by atoms with Crippen LogP contribution in [0.1, 0.15) is 48.5 Å². The van der Waals surface area contributed by atoms with Gasteiger partial charge < -0.3 is 0 Å². The summed E-state index contributed by atoms with van der Waals surface area (Å²) in [6.45, 7) is 15.2. The number of piperazine rings is 1. The largest absolute Gasteiger partial charge is 0.295 e. The van der Waals surface area contributed by atoms with Gasteiger partial charge in [0.1, 0.15) is 0 Å². The highest BCUT2D eigenvalue weighted by Crippen LogP contribution is 2.27. The van der Waals surface area contributed by atoms with Crippen LogP contribution in [0.5, 0.6) is 0 Å². The van der Waals surface area contributed by atoms with E-state index in [9.17, 15) is 8.42 Å². The van der Waals surface area contributed by atoms with Crippen LogP contribution in [-0.4, -0.2) is 53.6 Å². The maximum atomic E-state index is 12.5. The Hall–Kier alpha value is -0.130. The fourth-order valence-electron chi connectivity index (χ4n) is 2.53. The van der Waals surface area contributed by atoms with Gasteiger partial charge in [0.2, 0.25) is 10.0 Å². The molecule has 0 spiro atoms. The van der Waals surface area contributed by atoms with Crippen LogP contribution < -0.4 is 0 Å². The molecule has 1 saturated heterocycles. The Morgan fingerprint density at radius 2 is 1.56 bits per heavy atom. The van der Waals surface area contributed by atoms with Crippen molar-refractivity contribution in [2.45, 2.75) is 71.3 Å². The monoisotopic (exact) mass is 276 g/mol. The molecule has 0 aromatic heterocycles. The first kappa shape index (κ1) is 15.9.